The van der Waals surface area contributed by atoms with Gasteiger partial charge < -0.3 is 10.1 Å². The number of hydrogen-bond acceptors (Lipinski definition) is 3. The first-order valence-corrected chi connectivity index (χ1v) is 8.81. The van der Waals surface area contributed by atoms with E-state index in [-0.39, 0.29) is 0 Å². The molecule has 3 nitrogen and oxygen atoms in total. The van der Waals surface area contributed by atoms with Gasteiger partial charge in [0.1, 0.15) is 0 Å². The third-order valence-electron chi connectivity index (χ3n) is 5.27. The summed E-state index contributed by atoms with van der Waals surface area (Å²) in [4.78, 5) is 2.73. The van der Waals surface area contributed by atoms with E-state index in [9.17, 15) is 0 Å². The van der Waals surface area contributed by atoms with Crippen LogP contribution in [0, 0.1) is 5.92 Å². The topological polar surface area (TPSA) is 24.5 Å². The van der Waals surface area contributed by atoms with E-state index in [2.05, 4.69) is 31.1 Å². The van der Waals surface area contributed by atoms with Gasteiger partial charge in [-0.25, -0.2) is 0 Å². The molecule has 0 radical (unpaired) electrons. The Bertz CT molecular complexity index is 270. The van der Waals surface area contributed by atoms with Crippen LogP contribution in [-0.2, 0) is 4.74 Å². The molecule has 2 fully saturated rings. The van der Waals surface area contributed by atoms with Crippen molar-refractivity contribution in [2.45, 2.75) is 77.0 Å². The maximum Gasteiger partial charge on any atom is 0.0702 e. The molecule has 1 aliphatic heterocycles. The second-order valence-electron chi connectivity index (χ2n) is 6.64. The van der Waals surface area contributed by atoms with E-state index in [0.717, 1.165) is 25.1 Å². The lowest BCUT2D eigenvalue weighted by molar-refractivity contribution is -0.0224. The minimum atomic E-state index is 0.470. The van der Waals surface area contributed by atoms with E-state index in [1.807, 2.05) is 0 Å². The number of rotatable bonds is 6. The number of nitrogens with zero attached hydrogens (tertiary/aromatic N) is 1. The summed E-state index contributed by atoms with van der Waals surface area (Å²) in [7, 11) is 2.14. The Balaban J connectivity index is 1.94. The SMILES string of the molecule is CCCC1CCC(NC)C(N2CCCC(OCC)C2)C1. The van der Waals surface area contributed by atoms with E-state index in [0.29, 0.717) is 12.1 Å². The fourth-order valence-electron chi connectivity index (χ4n) is 4.28. The zero-order valence-electron chi connectivity index (χ0n) is 13.7. The third-order valence-corrected chi connectivity index (χ3v) is 5.27. The van der Waals surface area contributed by atoms with Crippen LogP contribution in [0.2, 0.25) is 0 Å². The summed E-state index contributed by atoms with van der Waals surface area (Å²) in [5.74, 6) is 0.946. The Hall–Kier alpha value is -0.120. The predicted molar refractivity (Wildman–Crippen MR) is 85.1 cm³/mol. The molecule has 0 bridgehead atoms. The van der Waals surface area contributed by atoms with E-state index in [1.54, 1.807) is 0 Å². The first-order valence-electron chi connectivity index (χ1n) is 8.81. The first kappa shape index (κ1) is 16.3. The molecule has 3 heteroatoms. The van der Waals surface area contributed by atoms with E-state index in [1.165, 1.54) is 51.5 Å². The van der Waals surface area contributed by atoms with Crippen molar-refractivity contribution in [3.05, 3.63) is 0 Å². The number of piperidine rings is 1. The maximum atomic E-state index is 5.89. The van der Waals surface area contributed by atoms with E-state index in [4.69, 9.17) is 4.74 Å². The Morgan fingerprint density at radius 1 is 1.20 bits per heavy atom. The van der Waals surface area contributed by atoms with Gasteiger partial charge in [-0.1, -0.05) is 19.8 Å². The van der Waals surface area contributed by atoms with E-state index < -0.39 is 0 Å². The fourth-order valence-corrected chi connectivity index (χ4v) is 4.28. The lowest BCUT2D eigenvalue weighted by atomic mass is 9.79. The summed E-state index contributed by atoms with van der Waals surface area (Å²) in [6.07, 6.45) is 9.92. The smallest absolute Gasteiger partial charge is 0.0702 e. The van der Waals surface area contributed by atoms with Crippen LogP contribution in [0.15, 0.2) is 0 Å². The third kappa shape index (κ3) is 4.19. The van der Waals surface area contributed by atoms with Crippen LogP contribution in [0.4, 0.5) is 0 Å². The molecule has 2 aliphatic rings. The highest BCUT2D eigenvalue weighted by Crippen LogP contribution is 2.32. The lowest BCUT2D eigenvalue weighted by Gasteiger charge is -2.45. The molecule has 118 valence electrons. The van der Waals surface area contributed by atoms with Crippen molar-refractivity contribution >= 4 is 0 Å². The van der Waals surface area contributed by atoms with Crippen molar-refractivity contribution in [2.24, 2.45) is 5.92 Å². The molecule has 1 aliphatic carbocycles. The second-order valence-corrected chi connectivity index (χ2v) is 6.64. The largest absolute Gasteiger partial charge is 0.377 e. The van der Waals surface area contributed by atoms with Gasteiger partial charge in [0.05, 0.1) is 6.10 Å². The molecule has 1 saturated carbocycles. The molecule has 2 rings (SSSR count). The molecule has 0 spiro atoms. The zero-order chi connectivity index (χ0) is 14.4. The van der Waals surface area contributed by atoms with Crippen LogP contribution in [0.25, 0.3) is 0 Å². The Morgan fingerprint density at radius 2 is 2.05 bits per heavy atom. The molecule has 4 unspecified atom stereocenters. The summed E-state index contributed by atoms with van der Waals surface area (Å²) >= 11 is 0. The molecule has 1 N–H and O–H groups in total. The lowest BCUT2D eigenvalue weighted by Crippen LogP contribution is -2.56. The second kappa shape index (κ2) is 8.35. The number of nitrogens with one attached hydrogen (secondary N) is 1. The van der Waals surface area contributed by atoms with Crippen molar-refractivity contribution in [1.82, 2.24) is 10.2 Å². The number of likely N-dealkylation sites (N-methyl/N-ethyl adjacent to an activating group) is 1. The first-order chi connectivity index (χ1) is 9.78. The number of hydrogen-bond donors (Lipinski definition) is 1. The highest BCUT2D eigenvalue weighted by molar-refractivity contribution is 4.92. The molecule has 0 aromatic carbocycles. The monoisotopic (exact) mass is 282 g/mol. The molecule has 0 aromatic heterocycles. The standard InChI is InChI=1S/C17H34N2O/c1-4-7-14-9-10-16(18-3)17(12-14)19-11-6-8-15(13-19)20-5-2/h14-18H,4-13H2,1-3H3. The van der Waals surface area contributed by atoms with Gasteiger partial charge in [0.2, 0.25) is 0 Å². The average molecular weight is 282 g/mol. The van der Waals surface area contributed by atoms with Crippen molar-refractivity contribution in [3.63, 3.8) is 0 Å². The highest BCUT2D eigenvalue weighted by atomic mass is 16.5. The van der Waals surface area contributed by atoms with Crippen LogP contribution < -0.4 is 5.32 Å². The van der Waals surface area contributed by atoms with Crippen LogP contribution >= 0.6 is 0 Å². The molecule has 0 amide bonds. The zero-order valence-corrected chi connectivity index (χ0v) is 13.7. The number of ether oxygens (including phenoxy) is 1. The Labute approximate surface area is 125 Å². The summed E-state index contributed by atoms with van der Waals surface area (Å²) in [6.45, 7) is 7.72. The van der Waals surface area contributed by atoms with Gasteiger partial charge in [-0.15, -0.1) is 0 Å². The molecule has 0 aromatic rings. The van der Waals surface area contributed by atoms with Crippen LogP contribution in [0.3, 0.4) is 0 Å². The molecular weight excluding hydrogens is 248 g/mol. The highest BCUT2D eigenvalue weighted by Gasteiger charge is 2.35. The summed E-state index contributed by atoms with van der Waals surface area (Å²) in [6, 6.07) is 1.41. The van der Waals surface area contributed by atoms with Gasteiger partial charge in [-0.05, 0) is 58.5 Å². The molecule has 4 atom stereocenters. The minimum absolute atomic E-state index is 0.470. The van der Waals surface area contributed by atoms with Crippen molar-refractivity contribution in [1.29, 1.82) is 0 Å². The normalized spacial score (nSPS) is 36.1. The van der Waals surface area contributed by atoms with Gasteiger partial charge >= 0.3 is 0 Å². The van der Waals surface area contributed by atoms with Gasteiger partial charge in [-0.3, -0.25) is 4.90 Å². The van der Waals surface area contributed by atoms with Crippen LogP contribution in [-0.4, -0.2) is 49.8 Å². The maximum absolute atomic E-state index is 5.89. The Morgan fingerprint density at radius 3 is 2.75 bits per heavy atom. The van der Waals surface area contributed by atoms with Gasteiger partial charge in [0.15, 0.2) is 0 Å². The molecule has 20 heavy (non-hydrogen) atoms. The molecular formula is C17H34N2O. The van der Waals surface area contributed by atoms with E-state index >= 15 is 0 Å². The fraction of sp³-hybridized carbons (Fsp3) is 1.00. The predicted octanol–water partition coefficient (Wildman–Crippen LogP) is 3.04. The Kier molecular flexibility index (Phi) is 6.79. The van der Waals surface area contributed by atoms with Crippen LogP contribution in [0.1, 0.15) is 58.8 Å². The minimum Gasteiger partial charge on any atom is -0.377 e. The van der Waals surface area contributed by atoms with Crippen molar-refractivity contribution in [2.75, 3.05) is 26.7 Å². The average Bonchev–Trinajstić information content (AvgIpc) is 2.48. The van der Waals surface area contributed by atoms with Gasteiger partial charge in [-0.2, -0.15) is 0 Å². The summed E-state index contributed by atoms with van der Waals surface area (Å²) in [5, 5.41) is 3.58. The number of likely N-dealkylation sites (tertiary alicyclic amines) is 1. The quantitative estimate of drug-likeness (QED) is 0.810. The van der Waals surface area contributed by atoms with Crippen LogP contribution in [0.5, 0.6) is 0 Å². The summed E-state index contributed by atoms with van der Waals surface area (Å²) in [5.41, 5.74) is 0. The van der Waals surface area contributed by atoms with Gasteiger partial charge in [0, 0.05) is 25.2 Å². The summed E-state index contributed by atoms with van der Waals surface area (Å²) < 4.78 is 5.89. The van der Waals surface area contributed by atoms with Crippen molar-refractivity contribution < 1.29 is 4.74 Å². The van der Waals surface area contributed by atoms with Gasteiger partial charge in [0.25, 0.3) is 0 Å². The molecule has 1 heterocycles. The van der Waals surface area contributed by atoms with Crippen molar-refractivity contribution in [3.8, 4) is 0 Å². The molecule has 1 saturated heterocycles.